The minimum atomic E-state index is -0.208. The Bertz CT molecular complexity index is 1010. The van der Waals surface area contributed by atoms with Gasteiger partial charge in [-0.15, -0.1) is 7.92 Å². The Hall–Kier alpha value is -1.19. The van der Waals surface area contributed by atoms with Gasteiger partial charge < -0.3 is 14.4 Å². The number of hydrogen-bond acceptors (Lipinski definition) is 5. The maximum atomic E-state index is 12.6. The van der Waals surface area contributed by atoms with E-state index in [-0.39, 0.29) is 19.9 Å². The fraction of sp³-hybridized carbons (Fsp3) is 0.889. The highest BCUT2D eigenvalue weighted by molar-refractivity contribution is 7.57. The third-order valence-electron chi connectivity index (χ3n) is 12.7. The Morgan fingerprint density at radius 2 is 0.783 bits per heavy atom. The lowest BCUT2D eigenvalue weighted by Crippen LogP contribution is -2.13. The molecule has 0 aliphatic heterocycles. The van der Waals surface area contributed by atoms with Crippen molar-refractivity contribution in [1.29, 1.82) is 0 Å². The van der Waals surface area contributed by atoms with Crippen molar-refractivity contribution in [3.05, 3.63) is 23.3 Å². The predicted octanol–water partition coefficient (Wildman–Crippen LogP) is 16.2. The van der Waals surface area contributed by atoms with E-state index in [1.54, 1.807) is 0 Å². The van der Waals surface area contributed by atoms with Crippen LogP contribution in [0.4, 0.5) is 0 Å². The summed E-state index contributed by atoms with van der Waals surface area (Å²) in [6.07, 6.45) is 36.3. The van der Waals surface area contributed by atoms with Gasteiger partial charge in [-0.1, -0.05) is 156 Å². The molecule has 0 spiro atoms. The van der Waals surface area contributed by atoms with E-state index in [2.05, 4.69) is 100 Å². The summed E-state index contributed by atoms with van der Waals surface area (Å²) in [5.41, 5.74) is 2.66. The fourth-order valence-electron chi connectivity index (χ4n) is 8.31. The van der Waals surface area contributed by atoms with Crippen LogP contribution in [-0.4, -0.2) is 69.2 Å². The van der Waals surface area contributed by atoms with Gasteiger partial charge in [-0.3, -0.25) is 9.59 Å². The molecule has 0 radical (unpaired) electrons. The number of rotatable bonds is 41. The van der Waals surface area contributed by atoms with Gasteiger partial charge in [-0.25, -0.2) is 0 Å². The van der Waals surface area contributed by atoms with E-state index in [0.717, 1.165) is 80.1 Å². The zero-order chi connectivity index (χ0) is 45.0. The molecule has 6 heteroatoms. The van der Waals surface area contributed by atoms with Crippen LogP contribution in [0.15, 0.2) is 23.3 Å². The van der Waals surface area contributed by atoms with E-state index in [9.17, 15) is 9.59 Å². The number of esters is 2. The van der Waals surface area contributed by atoms with Crippen molar-refractivity contribution in [2.24, 2.45) is 35.5 Å². The molecule has 0 aromatic carbocycles. The highest BCUT2D eigenvalue weighted by Crippen LogP contribution is 2.39. The summed E-state index contributed by atoms with van der Waals surface area (Å²) in [5.74, 6) is 4.80. The predicted molar refractivity (Wildman–Crippen MR) is 267 cm³/mol. The Labute approximate surface area is 377 Å². The number of carbonyl (C=O) groups excluding carboxylic acids is 2. The number of carbonyl (C=O) groups is 2. The summed E-state index contributed by atoms with van der Waals surface area (Å²) in [7, 11) is 4.06. The standard InChI is InChI=1S/C54H104NO4P/c1-45(2)23-15-25-47(5)27-17-29-49(7)31-19-33-51(9)37-40-58-53(56)35-21-43-60(42-14-13-39-55(11)12)44-22-36-54(57)59-41-38-52(10)34-20-32-50(8)30-18-28-48(6)26-16-24-46(3)4/h37-38,45-50H,13-36,39-44H2,1-12H3. The van der Waals surface area contributed by atoms with E-state index < -0.39 is 0 Å². The van der Waals surface area contributed by atoms with Crippen molar-refractivity contribution < 1.29 is 19.1 Å². The Morgan fingerprint density at radius 3 is 1.13 bits per heavy atom. The Kier molecular flexibility index (Phi) is 38.6. The second-order valence-electron chi connectivity index (χ2n) is 20.7. The molecule has 4 unspecified atom stereocenters. The largest absolute Gasteiger partial charge is 0.461 e. The number of allylic oxidation sites excluding steroid dienone is 2. The molecule has 0 rings (SSSR count). The zero-order valence-corrected chi connectivity index (χ0v) is 43.3. The van der Waals surface area contributed by atoms with Gasteiger partial charge in [0.05, 0.1) is 0 Å². The third-order valence-corrected chi connectivity index (χ3v) is 15.5. The minimum absolute atomic E-state index is 0.0805. The lowest BCUT2D eigenvalue weighted by Gasteiger charge is -2.18. The zero-order valence-electron chi connectivity index (χ0n) is 42.4. The molecule has 4 atom stereocenters. The van der Waals surface area contributed by atoms with E-state index in [0.29, 0.717) is 26.1 Å². The van der Waals surface area contributed by atoms with Crippen LogP contribution < -0.4 is 0 Å². The summed E-state index contributed by atoms with van der Waals surface area (Å²) < 4.78 is 11.2. The maximum absolute atomic E-state index is 12.6. The molecule has 0 saturated heterocycles. The first-order chi connectivity index (χ1) is 28.6. The lowest BCUT2D eigenvalue weighted by molar-refractivity contribution is -0.143. The summed E-state index contributed by atoms with van der Waals surface area (Å²) in [6.45, 7) is 25.2. The van der Waals surface area contributed by atoms with E-state index in [1.165, 1.54) is 133 Å². The van der Waals surface area contributed by atoms with Crippen LogP contribution in [0.5, 0.6) is 0 Å². The van der Waals surface area contributed by atoms with Gasteiger partial charge in [-0.05, 0) is 152 Å². The molecule has 0 aromatic heterocycles. The summed E-state index contributed by atoms with van der Waals surface area (Å²) in [4.78, 5) is 27.5. The molecular weight excluding hydrogens is 758 g/mol. The highest BCUT2D eigenvalue weighted by Gasteiger charge is 2.13. The van der Waals surface area contributed by atoms with Gasteiger partial charge in [0.2, 0.25) is 0 Å². The normalized spacial score (nSPS) is 15.1. The van der Waals surface area contributed by atoms with Gasteiger partial charge in [0, 0.05) is 12.8 Å². The first kappa shape index (κ1) is 58.8. The molecule has 0 fully saturated rings. The fourth-order valence-corrected chi connectivity index (χ4v) is 10.9. The summed E-state index contributed by atoms with van der Waals surface area (Å²) in [6, 6.07) is 0. The molecule has 0 heterocycles. The number of nitrogens with zero attached hydrogens (tertiary/aromatic N) is 1. The lowest BCUT2D eigenvalue weighted by atomic mass is 9.91. The summed E-state index contributed by atoms with van der Waals surface area (Å²) in [5, 5.41) is 0. The molecule has 0 aliphatic rings. The topological polar surface area (TPSA) is 55.8 Å². The molecule has 0 amide bonds. The van der Waals surface area contributed by atoms with Crippen LogP contribution in [-0.2, 0) is 19.1 Å². The molecule has 0 aromatic rings. The first-order valence-electron chi connectivity index (χ1n) is 25.6. The smallest absolute Gasteiger partial charge is 0.306 e. The molecular formula is C54H104NO4P. The summed E-state index contributed by atoms with van der Waals surface area (Å²) >= 11 is 0. The van der Waals surface area contributed by atoms with Crippen molar-refractivity contribution in [1.82, 2.24) is 4.90 Å². The van der Waals surface area contributed by atoms with Crippen molar-refractivity contribution >= 4 is 19.9 Å². The van der Waals surface area contributed by atoms with Crippen LogP contribution in [0.3, 0.4) is 0 Å². The average molecular weight is 862 g/mol. The van der Waals surface area contributed by atoms with Crippen LogP contribution in [0, 0.1) is 35.5 Å². The second kappa shape index (κ2) is 39.4. The minimum Gasteiger partial charge on any atom is -0.461 e. The maximum Gasteiger partial charge on any atom is 0.306 e. The van der Waals surface area contributed by atoms with Gasteiger partial charge in [-0.2, -0.15) is 0 Å². The van der Waals surface area contributed by atoms with Crippen LogP contribution >= 0.6 is 7.92 Å². The quantitative estimate of drug-likeness (QED) is 0.0265. The van der Waals surface area contributed by atoms with E-state index in [1.807, 2.05) is 0 Å². The number of unbranched alkanes of at least 4 members (excludes halogenated alkanes) is 1. The van der Waals surface area contributed by atoms with Crippen LogP contribution in [0.25, 0.3) is 0 Å². The van der Waals surface area contributed by atoms with E-state index in [4.69, 9.17) is 9.47 Å². The van der Waals surface area contributed by atoms with Crippen molar-refractivity contribution in [2.45, 2.75) is 223 Å². The van der Waals surface area contributed by atoms with E-state index >= 15 is 0 Å². The molecule has 0 saturated carbocycles. The second-order valence-corrected chi connectivity index (χ2v) is 23.4. The molecule has 5 nitrogen and oxygen atoms in total. The molecule has 60 heavy (non-hydrogen) atoms. The molecule has 0 aliphatic carbocycles. The van der Waals surface area contributed by atoms with Crippen LogP contribution in [0.1, 0.15) is 223 Å². The van der Waals surface area contributed by atoms with Gasteiger partial charge >= 0.3 is 11.9 Å². The van der Waals surface area contributed by atoms with Gasteiger partial charge in [0.15, 0.2) is 0 Å². The van der Waals surface area contributed by atoms with Crippen molar-refractivity contribution in [2.75, 3.05) is 52.3 Å². The molecule has 354 valence electrons. The highest BCUT2D eigenvalue weighted by atomic mass is 31.1. The SMILES string of the molecule is CC(=CCOC(=O)CCCP(CCCCN(C)C)CCCC(=O)OCC=C(C)CCCC(C)CCCC(C)CCCC(C)C)CCCC(C)CCCC(C)CCCC(C)C. The monoisotopic (exact) mass is 862 g/mol. The van der Waals surface area contributed by atoms with Crippen LogP contribution in [0.2, 0.25) is 0 Å². The third kappa shape index (κ3) is 40.9. The number of hydrogen-bond donors (Lipinski definition) is 0. The average Bonchev–Trinajstić information content (AvgIpc) is 3.16. The van der Waals surface area contributed by atoms with Gasteiger partial charge in [0.25, 0.3) is 0 Å². The first-order valence-corrected chi connectivity index (χ1v) is 27.5. The molecule has 0 N–H and O–H groups in total. The Balaban J connectivity index is 4.34. The number of ether oxygens (including phenoxy) is 2. The van der Waals surface area contributed by atoms with Gasteiger partial charge in [0.1, 0.15) is 13.2 Å². The Morgan fingerprint density at radius 1 is 0.450 bits per heavy atom. The molecule has 0 bridgehead atoms. The van der Waals surface area contributed by atoms with Crippen molar-refractivity contribution in [3.8, 4) is 0 Å². The van der Waals surface area contributed by atoms with Crippen molar-refractivity contribution in [3.63, 3.8) is 0 Å².